The maximum atomic E-state index is 11.9. The molecule has 1 aromatic carbocycles. The maximum absolute atomic E-state index is 11.9. The standard InChI is InChI=1S/C15H23NO/c1-13(7-5-6-12-16)15(17)11-10-14-8-3-2-4-9-14/h2-4,8-9,13H,5-7,10-12,16H2,1H3/t13-/m0/s1. The Kier molecular flexibility index (Phi) is 6.56. The van der Waals surface area contributed by atoms with Gasteiger partial charge in [0, 0.05) is 12.3 Å². The van der Waals surface area contributed by atoms with Crippen molar-refractivity contribution in [3.8, 4) is 0 Å². The molecule has 0 bridgehead atoms. The molecule has 0 radical (unpaired) electrons. The van der Waals surface area contributed by atoms with E-state index in [9.17, 15) is 4.79 Å². The van der Waals surface area contributed by atoms with Gasteiger partial charge in [-0.15, -0.1) is 0 Å². The highest BCUT2D eigenvalue weighted by atomic mass is 16.1. The molecule has 0 fully saturated rings. The number of hydrogen-bond acceptors (Lipinski definition) is 2. The molecular formula is C15H23NO. The number of carbonyl (C=O) groups is 1. The average Bonchev–Trinajstić information content (AvgIpc) is 2.37. The van der Waals surface area contributed by atoms with Gasteiger partial charge in [-0.05, 0) is 31.4 Å². The van der Waals surface area contributed by atoms with Crippen LogP contribution in [0.25, 0.3) is 0 Å². The van der Waals surface area contributed by atoms with E-state index in [2.05, 4.69) is 12.1 Å². The normalized spacial score (nSPS) is 12.4. The highest BCUT2D eigenvalue weighted by Crippen LogP contribution is 2.12. The zero-order valence-corrected chi connectivity index (χ0v) is 10.7. The van der Waals surface area contributed by atoms with E-state index in [4.69, 9.17) is 5.73 Å². The van der Waals surface area contributed by atoms with Crippen LogP contribution >= 0.6 is 0 Å². The molecule has 0 amide bonds. The van der Waals surface area contributed by atoms with Crippen molar-refractivity contribution in [3.63, 3.8) is 0 Å². The van der Waals surface area contributed by atoms with Crippen molar-refractivity contribution in [2.45, 2.75) is 39.0 Å². The maximum Gasteiger partial charge on any atom is 0.136 e. The van der Waals surface area contributed by atoms with Gasteiger partial charge in [-0.3, -0.25) is 4.79 Å². The molecule has 2 heteroatoms. The zero-order chi connectivity index (χ0) is 12.5. The fraction of sp³-hybridized carbons (Fsp3) is 0.533. The molecule has 0 heterocycles. The summed E-state index contributed by atoms with van der Waals surface area (Å²) in [6.45, 7) is 2.76. The molecule has 0 saturated heterocycles. The Morgan fingerprint density at radius 1 is 1.24 bits per heavy atom. The monoisotopic (exact) mass is 233 g/mol. The second-order valence-electron chi connectivity index (χ2n) is 4.64. The van der Waals surface area contributed by atoms with E-state index >= 15 is 0 Å². The first-order valence-electron chi connectivity index (χ1n) is 6.50. The minimum Gasteiger partial charge on any atom is -0.330 e. The summed E-state index contributed by atoms with van der Waals surface area (Å²) in [5.41, 5.74) is 6.69. The van der Waals surface area contributed by atoms with Gasteiger partial charge in [0.05, 0.1) is 0 Å². The van der Waals surface area contributed by atoms with E-state index in [1.165, 1.54) is 5.56 Å². The Morgan fingerprint density at radius 3 is 2.59 bits per heavy atom. The van der Waals surface area contributed by atoms with Crippen LogP contribution < -0.4 is 5.73 Å². The largest absolute Gasteiger partial charge is 0.330 e. The van der Waals surface area contributed by atoms with Gasteiger partial charge in [-0.2, -0.15) is 0 Å². The molecule has 1 aromatic rings. The van der Waals surface area contributed by atoms with Gasteiger partial charge < -0.3 is 5.73 Å². The topological polar surface area (TPSA) is 43.1 Å². The molecule has 0 spiro atoms. The van der Waals surface area contributed by atoms with Crippen LogP contribution in [0.3, 0.4) is 0 Å². The molecule has 0 aliphatic carbocycles. The molecule has 0 unspecified atom stereocenters. The minimum absolute atomic E-state index is 0.185. The SMILES string of the molecule is C[C@@H](CCCCN)C(=O)CCc1ccccc1. The molecule has 2 nitrogen and oxygen atoms in total. The first-order valence-corrected chi connectivity index (χ1v) is 6.50. The lowest BCUT2D eigenvalue weighted by atomic mass is 9.95. The number of aryl methyl sites for hydroxylation is 1. The number of rotatable bonds is 8. The number of ketones is 1. The van der Waals surface area contributed by atoms with Gasteiger partial charge in [0.25, 0.3) is 0 Å². The molecule has 0 aromatic heterocycles. The van der Waals surface area contributed by atoms with E-state index < -0.39 is 0 Å². The van der Waals surface area contributed by atoms with Crippen molar-refractivity contribution < 1.29 is 4.79 Å². The van der Waals surface area contributed by atoms with Crippen LogP contribution in [0.1, 0.15) is 38.2 Å². The molecule has 94 valence electrons. The van der Waals surface area contributed by atoms with E-state index in [0.717, 1.165) is 32.2 Å². The number of Topliss-reactive ketones (excluding diaryl/α,β-unsaturated/α-hetero) is 1. The summed E-state index contributed by atoms with van der Waals surface area (Å²) in [6, 6.07) is 10.2. The third-order valence-corrected chi connectivity index (χ3v) is 3.14. The van der Waals surface area contributed by atoms with Gasteiger partial charge in [-0.25, -0.2) is 0 Å². The summed E-state index contributed by atoms with van der Waals surface area (Å²) in [7, 11) is 0. The van der Waals surface area contributed by atoms with E-state index in [1.54, 1.807) is 0 Å². The Balaban J connectivity index is 2.24. The second kappa shape index (κ2) is 8.02. The first kappa shape index (κ1) is 13.9. The molecule has 0 aliphatic heterocycles. The van der Waals surface area contributed by atoms with Crippen LogP contribution in [0.2, 0.25) is 0 Å². The summed E-state index contributed by atoms with van der Waals surface area (Å²) >= 11 is 0. The molecular weight excluding hydrogens is 210 g/mol. The summed E-state index contributed by atoms with van der Waals surface area (Å²) < 4.78 is 0. The fourth-order valence-electron chi connectivity index (χ4n) is 1.91. The summed E-state index contributed by atoms with van der Waals surface area (Å²) in [4.78, 5) is 11.9. The van der Waals surface area contributed by atoms with Gasteiger partial charge in [0.2, 0.25) is 0 Å². The lowest BCUT2D eigenvalue weighted by molar-refractivity contribution is -0.122. The van der Waals surface area contributed by atoms with Crippen LogP contribution in [0.4, 0.5) is 0 Å². The van der Waals surface area contributed by atoms with Crippen LogP contribution in [0.5, 0.6) is 0 Å². The average molecular weight is 233 g/mol. The second-order valence-corrected chi connectivity index (χ2v) is 4.64. The molecule has 2 N–H and O–H groups in total. The van der Waals surface area contributed by atoms with E-state index in [1.807, 2.05) is 25.1 Å². The fourth-order valence-corrected chi connectivity index (χ4v) is 1.91. The van der Waals surface area contributed by atoms with E-state index in [0.29, 0.717) is 12.2 Å². The van der Waals surface area contributed by atoms with Gasteiger partial charge >= 0.3 is 0 Å². The third kappa shape index (κ3) is 5.64. The van der Waals surface area contributed by atoms with Crippen LogP contribution in [-0.2, 0) is 11.2 Å². The van der Waals surface area contributed by atoms with Gasteiger partial charge in [0.1, 0.15) is 5.78 Å². The number of nitrogens with two attached hydrogens (primary N) is 1. The lowest BCUT2D eigenvalue weighted by Gasteiger charge is -2.09. The quantitative estimate of drug-likeness (QED) is 0.701. The number of unbranched alkanes of at least 4 members (excludes halogenated alkanes) is 1. The number of benzene rings is 1. The van der Waals surface area contributed by atoms with Crippen LogP contribution in [-0.4, -0.2) is 12.3 Å². The van der Waals surface area contributed by atoms with Gasteiger partial charge in [-0.1, -0.05) is 43.7 Å². The van der Waals surface area contributed by atoms with Crippen LogP contribution in [0.15, 0.2) is 30.3 Å². The molecule has 0 aliphatic rings. The minimum atomic E-state index is 0.185. The molecule has 1 rings (SSSR count). The zero-order valence-electron chi connectivity index (χ0n) is 10.7. The molecule has 17 heavy (non-hydrogen) atoms. The van der Waals surface area contributed by atoms with Crippen molar-refractivity contribution in [1.29, 1.82) is 0 Å². The molecule has 1 atom stereocenters. The highest BCUT2D eigenvalue weighted by molar-refractivity contribution is 5.80. The van der Waals surface area contributed by atoms with E-state index in [-0.39, 0.29) is 5.92 Å². The van der Waals surface area contributed by atoms with Crippen molar-refractivity contribution in [2.75, 3.05) is 6.54 Å². The summed E-state index contributed by atoms with van der Waals surface area (Å²) in [6.07, 6.45) is 4.59. The number of carbonyl (C=O) groups excluding carboxylic acids is 1. The van der Waals surface area contributed by atoms with Crippen molar-refractivity contribution in [1.82, 2.24) is 0 Å². The summed E-state index contributed by atoms with van der Waals surface area (Å²) in [5, 5.41) is 0. The Bertz CT molecular complexity index is 321. The lowest BCUT2D eigenvalue weighted by Crippen LogP contribution is -2.12. The van der Waals surface area contributed by atoms with Crippen molar-refractivity contribution in [2.24, 2.45) is 11.7 Å². The smallest absolute Gasteiger partial charge is 0.136 e. The Labute approximate surface area is 104 Å². The predicted octanol–water partition coefficient (Wildman–Crippen LogP) is 2.95. The van der Waals surface area contributed by atoms with Crippen molar-refractivity contribution >= 4 is 5.78 Å². The van der Waals surface area contributed by atoms with Crippen LogP contribution in [0, 0.1) is 5.92 Å². The highest BCUT2D eigenvalue weighted by Gasteiger charge is 2.11. The first-order chi connectivity index (χ1) is 8.24. The molecule has 0 saturated carbocycles. The van der Waals surface area contributed by atoms with Gasteiger partial charge in [0.15, 0.2) is 0 Å². The Hall–Kier alpha value is -1.15. The predicted molar refractivity (Wildman–Crippen MR) is 71.8 cm³/mol. The van der Waals surface area contributed by atoms with Crippen molar-refractivity contribution in [3.05, 3.63) is 35.9 Å². The Morgan fingerprint density at radius 2 is 1.94 bits per heavy atom. The summed E-state index contributed by atoms with van der Waals surface area (Å²) in [5.74, 6) is 0.566. The number of hydrogen-bond donors (Lipinski definition) is 1. The third-order valence-electron chi connectivity index (χ3n) is 3.14.